The third kappa shape index (κ3) is 3.78. The van der Waals surface area contributed by atoms with Crippen LogP contribution >= 0.6 is 0 Å². The number of esters is 1. The van der Waals surface area contributed by atoms with Gasteiger partial charge in [0.1, 0.15) is 0 Å². The first-order chi connectivity index (χ1) is 10.8. The van der Waals surface area contributed by atoms with Crippen molar-refractivity contribution in [3.05, 3.63) is 66.2 Å². The average Bonchev–Trinajstić information content (AvgIpc) is 2.54. The van der Waals surface area contributed by atoms with E-state index in [2.05, 4.69) is 16.0 Å². The molecule has 0 aliphatic rings. The number of para-hydroxylation sites is 1. The molecule has 1 N–H and O–H groups in total. The summed E-state index contributed by atoms with van der Waals surface area (Å²) >= 11 is 0. The monoisotopic (exact) mass is 331 g/mol. The molecular formula is C17H17NO4S. The predicted molar refractivity (Wildman–Crippen MR) is 89.5 cm³/mol. The summed E-state index contributed by atoms with van der Waals surface area (Å²) in [5, 5.41) is 0. The molecule has 120 valence electrons. The Balaban J connectivity index is 2.38. The van der Waals surface area contributed by atoms with Gasteiger partial charge in [-0.1, -0.05) is 42.5 Å². The van der Waals surface area contributed by atoms with Crippen LogP contribution in [0.3, 0.4) is 0 Å². The lowest BCUT2D eigenvalue weighted by Gasteiger charge is -2.13. The van der Waals surface area contributed by atoms with E-state index in [1.165, 1.54) is 19.2 Å². The highest BCUT2D eigenvalue weighted by atomic mass is 32.2. The highest BCUT2D eigenvalue weighted by molar-refractivity contribution is 7.92. The van der Waals surface area contributed by atoms with E-state index in [-0.39, 0.29) is 16.2 Å². The molecular weight excluding hydrogens is 314 g/mol. The molecule has 0 aromatic heterocycles. The Bertz CT molecular complexity index is 839. The van der Waals surface area contributed by atoms with Crippen molar-refractivity contribution in [1.82, 2.24) is 0 Å². The Morgan fingerprint density at radius 2 is 1.70 bits per heavy atom. The van der Waals surface area contributed by atoms with Crippen molar-refractivity contribution < 1.29 is 17.9 Å². The van der Waals surface area contributed by atoms with Gasteiger partial charge in [-0.25, -0.2) is 13.2 Å². The van der Waals surface area contributed by atoms with Crippen molar-refractivity contribution in [2.75, 3.05) is 11.8 Å². The number of nitrogens with one attached hydrogen (secondary N) is 1. The summed E-state index contributed by atoms with van der Waals surface area (Å²) in [6, 6.07) is 13.0. The van der Waals surface area contributed by atoms with Gasteiger partial charge >= 0.3 is 5.97 Å². The van der Waals surface area contributed by atoms with Crippen molar-refractivity contribution in [1.29, 1.82) is 0 Å². The largest absolute Gasteiger partial charge is 0.465 e. The van der Waals surface area contributed by atoms with Gasteiger partial charge in [0.25, 0.3) is 10.0 Å². The maximum absolute atomic E-state index is 12.5. The topological polar surface area (TPSA) is 72.5 Å². The Kier molecular flexibility index (Phi) is 4.86. The fraction of sp³-hybridized carbons (Fsp3) is 0.118. The molecule has 0 saturated carbocycles. The Morgan fingerprint density at radius 1 is 1.09 bits per heavy atom. The first-order valence-electron chi connectivity index (χ1n) is 6.81. The number of methoxy groups -OCH3 is 1. The van der Waals surface area contributed by atoms with Gasteiger partial charge in [-0.2, -0.15) is 0 Å². The van der Waals surface area contributed by atoms with Crippen molar-refractivity contribution in [2.24, 2.45) is 0 Å². The van der Waals surface area contributed by atoms with Gasteiger partial charge in [0, 0.05) is 5.56 Å². The number of benzene rings is 2. The van der Waals surface area contributed by atoms with Crippen LogP contribution in [0.15, 0.2) is 60.0 Å². The number of hydrogen-bond donors (Lipinski definition) is 1. The maximum atomic E-state index is 12.5. The van der Waals surface area contributed by atoms with E-state index >= 15 is 0 Å². The van der Waals surface area contributed by atoms with Crippen LogP contribution in [0.2, 0.25) is 0 Å². The Morgan fingerprint density at radius 3 is 2.30 bits per heavy atom. The second-order valence-electron chi connectivity index (χ2n) is 4.93. The molecule has 0 spiro atoms. The van der Waals surface area contributed by atoms with Crippen molar-refractivity contribution in [3.63, 3.8) is 0 Å². The van der Waals surface area contributed by atoms with Crippen molar-refractivity contribution in [2.45, 2.75) is 11.8 Å². The summed E-state index contributed by atoms with van der Waals surface area (Å²) in [4.78, 5) is 11.8. The van der Waals surface area contributed by atoms with Gasteiger partial charge in [-0.05, 0) is 25.1 Å². The van der Waals surface area contributed by atoms with Gasteiger partial charge in [0.2, 0.25) is 0 Å². The molecule has 2 aromatic rings. The molecule has 0 aliphatic carbocycles. The molecule has 0 aliphatic heterocycles. The molecule has 0 bridgehead atoms. The molecule has 0 saturated heterocycles. The zero-order chi connectivity index (χ0) is 17.0. The fourth-order valence-electron chi connectivity index (χ4n) is 1.99. The fourth-order valence-corrected chi connectivity index (χ4v) is 3.07. The molecule has 0 amide bonds. The third-order valence-corrected chi connectivity index (χ3v) is 4.64. The van der Waals surface area contributed by atoms with Gasteiger partial charge in [0.05, 0.1) is 23.3 Å². The smallest absolute Gasteiger partial charge is 0.337 e. The average molecular weight is 331 g/mol. The number of aryl methyl sites for hydroxylation is 1. The zero-order valence-corrected chi connectivity index (χ0v) is 13.7. The minimum absolute atomic E-state index is 0.0784. The lowest BCUT2D eigenvalue weighted by atomic mass is 10.1. The van der Waals surface area contributed by atoms with Gasteiger partial charge in [-0.3, -0.25) is 4.72 Å². The molecule has 0 heterocycles. The van der Waals surface area contributed by atoms with Crippen LogP contribution in [0.5, 0.6) is 0 Å². The van der Waals surface area contributed by atoms with Gasteiger partial charge < -0.3 is 4.74 Å². The van der Waals surface area contributed by atoms with E-state index in [0.29, 0.717) is 5.56 Å². The van der Waals surface area contributed by atoms with Crippen LogP contribution < -0.4 is 4.72 Å². The summed E-state index contributed by atoms with van der Waals surface area (Å²) in [6.07, 6.45) is 0. The normalized spacial score (nSPS) is 10.9. The van der Waals surface area contributed by atoms with Crippen LogP contribution in [-0.2, 0) is 19.6 Å². The number of anilines is 1. The summed E-state index contributed by atoms with van der Waals surface area (Å²) in [6.45, 7) is 5.54. The molecule has 23 heavy (non-hydrogen) atoms. The molecule has 2 aromatic carbocycles. The molecule has 0 fully saturated rings. The molecule has 0 atom stereocenters. The van der Waals surface area contributed by atoms with E-state index in [9.17, 15) is 13.2 Å². The predicted octanol–water partition coefficient (Wildman–Crippen LogP) is 2.98. The van der Waals surface area contributed by atoms with E-state index in [4.69, 9.17) is 0 Å². The number of rotatable bonds is 5. The molecule has 0 unspecified atom stereocenters. The lowest BCUT2D eigenvalue weighted by Crippen LogP contribution is -2.15. The number of sulfonamides is 1. The summed E-state index contributed by atoms with van der Waals surface area (Å²) in [5.74, 6) is -0.619. The van der Waals surface area contributed by atoms with Crippen LogP contribution in [-0.4, -0.2) is 21.5 Å². The van der Waals surface area contributed by atoms with Gasteiger partial charge in [0.15, 0.2) is 0 Å². The molecule has 0 radical (unpaired) electrons. The quantitative estimate of drug-likeness (QED) is 0.675. The highest BCUT2D eigenvalue weighted by Crippen LogP contribution is 2.26. The second-order valence-corrected chi connectivity index (χ2v) is 6.62. The Labute approximate surface area is 135 Å². The molecule has 5 nitrogen and oxygen atoms in total. The van der Waals surface area contributed by atoms with Crippen molar-refractivity contribution >= 4 is 27.3 Å². The zero-order valence-electron chi connectivity index (χ0n) is 12.9. The van der Waals surface area contributed by atoms with E-state index in [1.54, 1.807) is 36.4 Å². The summed E-state index contributed by atoms with van der Waals surface area (Å²) in [5.41, 5.74) is 1.68. The number of ether oxygens (including phenoxy) is 1. The van der Waals surface area contributed by atoms with Crippen molar-refractivity contribution in [3.8, 4) is 0 Å². The van der Waals surface area contributed by atoms with E-state index in [0.717, 1.165) is 5.56 Å². The van der Waals surface area contributed by atoms with E-state index < -0.39 is 16.0 Å². The molecule has 2 rings (SSSR count). The standard InChI is InChI=1S/C17H17NO4S/c1-12-8-10-14(11-9-12)23(20,21)18-16-7-5-4-6-15(16)13(2)17(19)22-3/h4-11,18H,2H2,1,3H3. The molecule has 6 heteroatoms. The summed E-state index contributed by atoms with van der Waals surface area (Å²) < 4.78 is 32.1. The van der Waals surface area contributed by atoms with Crippen LogP contribution in [0.4, 0.5) is 5.69 Å². The minimum Gasteiger partial charge on any atom is -0.465 e. The first kappa shape index (κ1) is 16.8. The number of carbonyl (C=O) groups is 1. The number of hydrogen-bond acceptors (Lipinski definition) is 4. The lowest BCUT2D eigenvalue weighted by molar-refractivity contribution is -0.133. The van der Waals surface area contributed by atoms with Gasteiger partial charge in [-0.15, -0.1) is 0 Å². The first-order valence-corrected chi connectivity index (χ1v) is 8.29. The van der Waals surface area contributed by atoms with Crippen LogP contribution in [0.1, 0.15) is 11.1 Å². The summed E-state index contributed by atoms with van der Waals surface area (Å²) in [7, 11) is -2.52. The Hall–Kier alpha value is -2.60. The minimum atomic E-state index is -3.76. The number of carbonyl (C=O) groups excluding carboxylic acids is 1. The van der Waals surface area contributed by atoms with Crippen LogP contribution in [0, 0.1) is 6.92 Å². The van der Waals surface area contributed by atoms with Crippen LogP contribution in [0.25, 0.3) is 5.57 Å². The second kappa shape index (κ2) is 6.66. The maximum Gasteiger partial charge on any atom is 0.337 e. The third-order valence-electron chi connectivity index (χ3n) is 3.26. The highest BCUT2D eigenvalue weighted by Gasteiger charge is 2.19. The van der Waals surface area contributed by atoms with E-state index in [1.807, 2.05) is 6.92 Å². The SMILES string of the molecule is C=C(C(=O)OC)c1ccccc1NS(=O)(=O)c1ccc(C)cc1.